The van der Waals surface area contributed by atoms with Gasteiger partial charge in [0.1, 0.15) is 18.3 Å². The van der Waals surface area contributed by atoms with Gasteiger partial charge in [-0.15, -0.1) is 0 Å². The van der Waals surface area contributed by atoms with E-state index in [1.165, 1.54) is 21.8 Å². The van der Waals surface area contributed by atoms with Gasteiger partial charge in [-0.05, 0) is 18.4 Å². The minimum absolute atomic E-state index is 0.0757. The average Bonchev–Trinajstić information content (AvgIpc) is 3.06. The molecule has 2 heterocycles. The van der Waals surface area contributed by atoms with Crippen LogP contribution in [0.2, 0.25) is 0 Å². The molecule has 1 amide bonds. The number of aryl methyl sites for hydroxylation is 1. The standard InChI is InChI=1S/C20H19N5O2/c1-3-25(17-10-6-8-14-7-4-5-9-15(14)17)18(26)12-24-13-21-19-16(20(24)27)11-22-23(19)2/h4-11,13H,3,12H2,1-2H3. The van der Waals surface area contributed by atoms with Crippen LogP contribution in [0.25, 0.3) is 21.8 Å². The predicted molar refractivity (Wildman–Crippen MR) is 105 cm³/mol. The normalized spacial score (nSPS) is 11.2. The Balaban J connectivity index is 1.71. The number of nitrogens with zero attached hydrogens (tertiary/aromatic N) is 5. The van der Waals surface area contributed by atoms with Gasteiger partial charge in [0.2, 0.25) is 5.91 Å². The molecule has 0 saturated heterocycles. The molecule has 2 aromatic heterocycles. The average molecular weight is 361 g/mol. The molecule has 0 radical (unpaired) electrons. The van der Waals surface area contributed by atoms with E-state index in [4.69, 9.17) is 0 Å². The number of likely N-dealkylation sites (N-methyl/N-ethyl adjacent to an activating group) is 1. The number of benzene rings is 2. The van der Waals surface area contributed by atoms with Crippen LogP contribution in [0.5, 0.6) is 0 Å². The predicted octanol–water partition coefficient (Wildman–Crippen LogP) is 2.34. The third-order valence-electron chi connectivity index (χ3n) is 4.70. The topological polar surface area (TPSA) is 73.0 Å². The van der Waals surface area contributed by atoms with Gasteiger partial charge < -0.3 is 4.90 Å². The molecule has 0 saturated carbocycles. The number of rotatable bonds is 4. The van der Waals surface area contributed by atoms with Crippen molar-refractivity contribution < 1.29 is 4.79 Å². The van der Waals surface area contributed by atoms with Crippen LogP contribution in [-0.4, -0.2) is 31.8 Å². The summed E-state index contributed by atoms with van der Waals surface area (Å²) >= 11 is 0. The molecule has 0 aliphatic rings. The Bertz CT molecular complexity index is 1200. The second-order valence-electron chi connectivity index (χ2n) is 6.32. The summed E-state index contributed by atoms with van der Waals surface area (Å²) in [6.07, 6.45) is 2.88. The first-order valence-electron chi connectivity index (χ1n) is 8.75. The number of carbonyl (C=O) groups is 1. The highest BCUT2D eigenvalue weighted by atomic mass is 16.2. The maximum absolute atomic E-state index is 13.0. The van der Waals surface area contributed by atoms with Crippen LogP contribution in [0, 0.1) is 0 Å². The lowest BCUT2D eigenvalue weighted by molar-refractivity contribution is -0.119. The van der Waals surface area contributed by atoms with Crippen LogP contribution in [0.1, 0.15) is 6.92 Å². The molecular weight excluding hydrogens is 342 g/mol. The summed E-state index contributed by atoms with van der Waals surface area (Å²) in [6, 6.07) is 13.8. The van der Waals surface area contributed by atoms with Gasteiger partial charge in [0.15, 0.2) is 5.65 Å². The summed E-state index contributed by atoms with van der Waals surface area (Å²) in [5, 5.41) is 6.53. The number of hydrogen-bond acceptors (Lipinski definition) is 4. The number of hydrogen-bond donors (Lipinski definition) is 0. The molecule has 0 fully saturated rings. The van der Waals surface area contributed by atoms with E-state index in [0.29, 0.717) is 17.6 Å². The fourth-order valence-electron chi connectivity index (χ4n) is 3.34. The van der Waals surface area contributed by atoms with Gasteiger partial charge in [0.25, 0.3) is 5.56 Å². The SMILES string of the molecule is CCN(C(=O)Cn1cnc2c(cnn2C)c1=O)c1cccc2ccccc12. The Hall–Kier alpha value is -3.48. The van der Waals surface area contributed by atoms with Gasteiger partial charge in [-0.25, -0.2) is 4.98 Å². The minimum atomic E-state index is -0.268. The highest BCUT2D eigenvalue weighted by Gasteiger charge is 2.18. The molecule has 7 heteroatoms. The molecular formula is C20H19N5O2. The Labute approximate surface area is 155 Å². The van der Waals surface area contributed by atoms with Crippen molar-refractivity contribution in [3.63, 3.8) is 0 Å². The fraction of sp³-hybridized carbons (Fsp3) is 0.200. The Morgan fingerprint density at radius 3 is 2.70 bits per heavy atom. The second-order valence-corrected chi connectivity index (χ2v) is 6.32. The Morgan fingerprint density at radius 2 is 1.89 bits per heavy atom. The van der Waals surface area contributed by atoms with Crippen LogP contribution < -0.4 is 10.5 Å². The number of carbonyl (C=O) groups excluding carboxylic acids is 1. The van der Waals surface area contributed by atoms with Crippen molar-refractivity contribution in [2.45, 2.75) is 13.5 Å². The van der Waals surface area contributed by atoms with Crippen LogP contribution >= 0.6 is 0 Å². The Kier molecular flexibility index (Phi) is 4.19. The lowest BCUT2D eigenvalue weighted by atomic mass is 10.1. The lowest BCUT2D eigenvalue weighted by Gasteiger charge is -2.23. The van der Waals surface area contributed by atoms with Gasteiger partial charge in [-0.2, -0.15) is 5.10 Å². The van der Waals surface area contributed by atoms with Crippen molar-refractivity contribution in [1.82, 2.24) is 19.3 Å². The zero-order valence-corrected chi connectivity index (χ0v) is 15.2. The van der Waals surface area contributed by atoms with Gasteiger partial charge >= 0.3 is 0 Å². The van der Waals surface area contributed by atoms with Crippen LogP contribution in [0.4, 0.5) is 5.69 Å². The minimum Gasteiger partial charge on any atom is -0.311 e. The molecule has 2 aromatic carbocycles. The van der Waals surface area contributed by atoms with Crippen LogP contribution in [0.15, 0.2) is 59.8 Å². The van der Waals surface area contributed by atoms with E-state index in [-0.39, 0.29) is 18.0 Å². The molecule has 4 rings (SSSR count). The van der Waals surface area contributed by atoms with Crippen molar-refractivity contribution in [3.05, 3.63) is 65.3 Å². The maximum Gasteiger partial charge on any atom is 0.264 e. The van der Waals surface area contributed by atoms with Crippen LogP contribution in [0.3, 0.4) is 0 Å². The molecule has 4 aromatic rings. The number of anilines is 1. The molecule has 0 N–H and O–H groups in total. The summed E-state index contributed by atoms with van der Waals surface area (Å²) in [7, 11) is 1.73. The highest BCUT2D eigenvalue weighted by molar-refractivity contribution is 6.03. The van der Waals surface area contributed by atoms with E-state index in [1.807, 2.05) is 49.4 Å². The quantitative estimate of drug-likeness (QED) is 0.559. The van der Waals surface area contributed by atoms with Crippen LogP contribution in [-0.2, 0) is 18.4 Å². The van der Waals surface area contributed by atoms with Crippen molar-refractivity contribution in [1.29, 1.82) is 0 Å². The van der Waals surface area contributed by atoms with E-state index in [1.54, 1.807) is 11.9 Å². The molecule has 0 bridgehead atoms. The highest BCUT2D eigenvalue weighted by Crippen LogP contribution is 2.26. The molecule has 7 nitrogen and oxygen atoms in total. The molecule has 136 valence electrons. The first-order chi connectivity index (χ1) is 13.1. The summed E-state index contributed by atoms with van der Waals surface area (Å²) in [4.78, 5) is 31.6. The van der Waals surface area contributed by atoms with Gasteiger partial charge in [-0.1, -0.05) is 36.4 Å². The zero-order valence-electron chi connectivity index (χ0n) is 15.2. The van der Waals surface area contributed by atoms with Gasteiger partial charge in [0.05, 0.1) is 11.9 Å². The molecule has 0 unspecified atom stereocenters. The van der Waals surface area contributed by atoms with Gasteiger partial charge in [0, 0.05) is 19.0 Å². The molecule has 27 heavy (non-hydrogen) atoms. The van der Waals surface area contributed by atoms with E-state index in [9.17, 15) is 9.59 Å². The summed E-state index contributed by atoms with van der Waals surface area (Å²) in [6.45, 7) is 2.35. The molecule has 0 aliphatic carbocycles. The summed E-state index contributed by atoms with van der Waals surface area (Å²) in [5.41, 5.74) is 1.07. The first kappa shape index (κ1) is 17.0. The van der Waals surface area contributed by atoms with E-state index >= 15 is 0 Å². The molecule has 0 spiro atoms. The van der Waals surface area contributed by atoms with E-state index < -0.39 is 0 Å². The maximum atomic E-state index is 13.0. The number of fused-ring (bicyclic) bond motifs is 2. The Morgan fingerprint density at radius 1 is 1.11 bits per heavy atom. The van der Waals surface area contributed by atoms with Crippen molar-refractivity contribution in [2.75, 3.05) is 11.4 Å². The second kappa shape index (κ2) is 6.68. The van der Waals surface area contributed by atoms with Crippen molar-refractivity contribution >= 4 is 33.4 Å². The third-order valence-corrected chi connectivity index (χ3v) is 4.70. The fourth-order valence-corrected chi connectivity index (χ4v) is 3.34. The summed E-state index contributed by atoms with van der Waals surface area (Å²) in [5.74, 6) is -0.166. The zero-order chi connectivity index (χ0) is 19.0. The van der Waals surface area contributed by atoms with Crippen molar-refractivity contribution in [3.8, 4) is 0 Å². The lowest BCUT2D eigenvalue weighted by Crippen LogP contribution is -2.36. The smallest absolute Gasteiger partial charge is 0.264 e. The molecule has 0 aliphatic heterocycles. The third kappa shape index (κ3) is 2.87. The van der Waals surface area contributed by atoms with Crippen molar-refractivity contribution in [2.24, 2.45) is 7.05 Å². The number of amides is 1. The largest absolute Gasteiger partial charge is 0.311 e. The summed E-state index contributed by atoms with van der Waals surface area (Å²) < 4.78 is 2.87. The van der Waals surface area contributed by atoms with E-state index in [2.05, 4.69) is 10.1 Å². The number of aromatic nitrogens is 4. The first-order valence-corrected chi connectivity index (χ1v) is 8.75. The monoisotopic (exact) mass is 361 g/mol. The van der Waals surface area contributed by atoms with Gasteiger partial charge in [-0.3, -0.25) is 18.8 Å². The van der Waals surface area contributed by atoms with E-state index in [0.717, 1.165) is 16.5 Å². The molecule has 0 atom stereocenters.